The van der Waals surface area contributed by atoms with Crippen molar-refractivity contribution < 1.29 is 13.2 Å². The van der Waals surface area contributed by atoms with E-state index in [1.807, 2.05) is 12.1 Å². The molecule has 1 fully saturated rings. The molecule has 1 aliphatic heterocycles. The summed E-state index contributed by atoms with van der Waals surface area (Å²) in [5.74, 6) is 0.444. The number of rotatable bonds is 6. The first-order chi connectivity index (χ1) is 13.9. The number of nitrogens with zero attached hydrogens (tertiary/aromatic N) is 5. The topological polar surface area (TPSA) is 110 Å². The van der Waals surface area contributed by atoms with Gasteiger partial charge in [-0.3, -0.25) is 14.2 Å². The van der Waals surface area contributed by atoms with E-state index in [-0.39, 0.29) is 11.8 Å². The quantitative estimate of drug-likeness (QED) is 0.640. The van der Waals surface area contributed by atoms with E-state index in [1.54, 1.807) is 35.1 Å². The van der Waals surface area contributed by atoms with Crippen LogP contribution >= 0.6 is 0 Å². The van der Waals surface area contributed by atoms with Gasteiger partial charge in [-0.1, -0.05) is 6.07 Å². The van der Waals surface area contributed by atoms with Crippen molar-refractivity contribution in [2.24, 2.45) is 0 Å². The number of carbonyl (C=O) groups excluding carboxylic acids is 1. The van der Waals surface area contributed by atoms with Gasteiger partial charge >= 0.3 is 0 Å². The Morgan fingerprint density at radius 3 is 2.86 bits per heavy atom. The van der Waals surface area contributed by atoms with Gasteiger partial charge in [0.2, 0.25) is 10.0 Å². The van der Waals surface area contributed by atoms with Gasteiger partial charge in [0.1, 0.15) is 5.82 Å². The van der Waals surface area contributed by atoms with E-state index in [1.165, 1.54) is 10.6 Å². The zero-order chi connectivity index (χ0) is 20.4. The van der Waals surface area contributed by atoms with Crippen LogP contribution in [0.15, 0.2) is 42.9 Å². The first kappa shape index (κ1) is 19.5. The van der Waals surface area contributed by atoms with Gasteiger partial charge in [0.05, 0.1) is 11.8 Å². The molecule has 10 heteroatoms. The summed E-state index contributed by atoms with van der Waals surface area (Å²) in [5, 5.41) is 11.3. The van der Waals surface area contributed by atoms with Crippen molar-refractivity contribution in [3.8, 4) is 0 Å². The third kappa shape index (κ3) is 4.28. The molecule has 0 radical (unpaired) electrons. The monoisotopic (exact) mass is 414 g/mol. The van der Waals surface area contributed by atoms with Gasteiger partial charge in [-0.25, -0.2) is 12.7 Å². The Hall–Kier alpha value is -2.85. The van der Waals surface area contributed by atoms with Crippen molar-refractivity contribution in [3.05, 3.63) is 59.8 Å². The first-order valence-electron chi connectivity index (χ1n) is 9.39. The van der Waals surface area contributed by atoms with Crippen LogP contribution in [0.5, 0.6) is 0 Å². The van der Waals surface area contributed by atoms with Crippen LogP contribution in [-0.2, 0) is 16.4 Å². The van der Waals surface area contributed by atoms with Crippen molar-refractivity contribution in [2.75, 3.05) is 25.9 Å². The minimum absolute atomic E-state index is 0.0522. The molecule has 1 N–H and O–H groups in total. The molecule has 1 atom stereocenters. The van der Waals surface area contributed by atoms with Crippen molar-refractivity contribution in [1.82, 2.24) is 29.2 Å². The van der Waals surface area contributed by atoms with Gasteiger partial charge in [0, 0.05) is 44.1 Å². The van der Waals surface area contributed by atoms with Crippen LogP contribution in [0, 0.1) is 0 Å². The van der Waals surface area contributed by atoms with E-state index in [0.29, 0.717) is 49.5 Å². The Kier molecular flexibility index (Phi) is 5.29. The number of sulfonamides is 1. The summed E-state index contributed by atoms with van der Waals surface area (Å²) >= 11 is 0. The fourth-order valence-electron chi connectivity index (χ4n) is 3.53. The number of amides is 1. The average Bonchev–Trinajstić information content (AvgIpc) is 3.35. The van der Waals surface area contributed by atoms with Gasteiger partial charge in [-0.15, -0.1) is 10.2 Å². The maximum Gasteiger partial charge on any atom is 0.252 e. The molecule has 1 aliphatic rings. The summed E-state index contributed by atoms with van der Waals surface area (Å²) in [5.41, 5.74) is 2.19. The molecular formula is C19H22N6O3S. The summed E-state index contributed by atoms with van der Waals surface area (Å²) in [6, 6.07) is 7.29. The van der Waals surface area contributed by atoms with Crippen LogP contribution in [0.2, 0.25) is 0 Å². The molecule has 0 aliphatic carbocycles. The third-order valence-electron chi connectivity index (χ3n) is 5.10. The van der Waals surface area contributed by atoms with E-state index >= 15 is 0 Å². The van der Waals surface area contributed by atoms with Crippen LogP contribution < -0.4 is 5.32 Å². The smallest absolute Gasteiger partial charge is 0.252 e. The second kappa shape index (κ2) is 7.88. The SMILES string of the molecule is CS(=O)(=O)N1CCC(c2nnc3ccc(C(=O)NCCc4cccnc4)cn23)C1. The predicted octanol–water partition coefficient (Wildman–Crippen LogP) is 0.846. The maximum atomic E-state index is 12.5. The molecule has 9 nitrogen and oxygen atoms in total. The number of aromatic nitrogens is 4. The molecule has 3 aromatic heterocycles. The molecule has 3 aromatic rings. The summed E-state index contributed by atoms with van der Waals surface area (Å²) in [6.07, 6.45) is 7.80. The van der Waals surface area contributed by atoms with Gasteiger partial charge < -0.3 is 5.32 Å². The van der Waals surface area contributed by atoms with E-state index in [0.717, 1.165) is 5.56 Å². The van der Waals surface area contributed by atoms with E-state index in [4.69, 9.17) is 0 Å². The van der Waals surface area contributed by atoms with Crippen molar-refractivity contribution in [3.63, 3.8) is 0 Å². The highest BCUT2D eigenvalue weighted by molar-refractivity contribution is 7.88. The fraction of sp³-hybridized carbons (Fsp3) is 0.368. The van der Waals surface area contributed by atoms with Gasteiger partial charge in [0.25, 0.3) is 5.91 Å². The molecule has 152 valence electrons. The molecule has 1 saturated heterocycles. The van der Waals surface area contributed by atoms with Crippen LogP contribution in [0.25, 0.3) is 5.65 Å². The lowest BCUT2D eigenvalue weighted by Crippen LogP contribution is -2.27. The number of fused-ring (bicyclic) bond motifs is 1. The molecular weight excluding hydrogens is 392 g/mol. The largest absolute Gasteiger partial charge is 0.352 e. The van der Waals surface area contributed by atoms with E-state index < -0.39 is 10.0 Å². The van der Waals surface area contributed by atoms with Crippen LogP contribution in [0.3, 0.4) is 0 Å². The highest BCUT2D eigenvalue weighted by Crippen LogP contribution is 2.27. The Bertz CT molecular complexity index is 1130. The third-order valence-corrected chi connectivity index (χ3v) is 6.37. The molecule has 4 rings (SSSR count). The average molecular weight is 414 g/mol. The lowest BCUT2D eigenvalue weighted by Gasteiger charge is -2.12. The summed E-state index contributed by atoms with van der Waals surface area (Å²) < 4.78 is 26.8. The lowest BCUT2D eigenvalue weighted by atomic mass is 10.1. The normalized spacial score (nSPS) is 17.6. The van der Waals surface area contributed by atoms with Gasteiger partial charge in [0.15, 0.2) is 5.65 Å². The van der Waals surface area contributed by atoms with Crippen molar-refractivity contribution >= 4 is 21.6 Å². The molecule has 0 bridgehead atoms. The van der Waals surface area contributed by atoms with Gasteiger partial charge in [-0.2, -0.15) is 0 Å². The van der Waals surface area contributed by atoms with Crippen molar-refractivity contribution in [1.29, 1.82) is 0 Å². The van der Waals surface area contributed by atoms with E-state index in [2.05, 4.69) is 20.5 Å². The Morgan fingerprint density at radius 2 is 2.14 bits per heavy atom. The molecule has 1 unspecified atom stereocenters. The van der Waals surface area contributed by atoms with Crippen molar-refractivity contribution in [2.45, 2.75) is 18.8 Å². The number of carbonyl (C=O) groups is 1. The van der Waals surface area contributed by atoms with Crippen LogP contribution in [-0.4, -0.2) is 64.1 Å². The summed E-state index contributed by atoms with van der Waals surface area (Å²) in [6.45, 7) is 1.34. The van der Waals surface area contributed by atoms with E-state index in [9.17, 15) is 13.2 Å². The highest BCUT2D eigenvalue weighted by atomic mass is 32.2. The first-order valence-corrected chi connectivity index (χ1v) is 11.2. The molecule has 0 spiro atoms. The lowest BCUT2D eigenvalue weighted by molar-refractivity contribution is 0.0953. The second-order valence-corrected chi connectivity index (χ2v) is 9.16. The van der Waals surface area contributed by atoms with Gasteiger partial charge in [-0.05, 0) is 36.6 Å². The minimum Gasteiger partial charge on any atom is -0.352 e. The zero-order valence-electron chi connectivity index (χ0n) is 16.0. The Balaban J connectivity index is 1.47. The summed E-state index contributed by atoms with van der Waals surface area (Å²) in [7, 11) is -3.23. The predicted molar refractivity (Wildman–Crippen MR) is 107 cm³/mol. The molecule has 0 saturated carbocycles. The Labute approximate surface area is 168 Å². The molecule has 29 heavy (non-hydrogen) atoms. The molecule has 0 aromatic carbocycles. The maximum absolute atomic E-state index is 12.5. The Morgan fingerprint density at radius 1 is 1.28 bits per heavy atom. The molecule has 1 amide bonds. The number of hydrogen-bond donors (Lipinski definition) is 1. The highest BCUT2D eigenvalue weighted by Gasteiger charge is 2.32. The number of pyridine rings is 2. The second-order valence-electron chi connectivity index (χ2n) is 7.18. The standard InChI is InChI=1S/C19H22N6O3S/c1-29(27,28)24-10-7-15(12-24)18-23-22-17-5-4-16(13-25(17)18)19(26)21-9-6-14-3-2-8-20-11-14/h2-5,8,11,13,15H,6-7,9-10,12H2,1H3,(H,21,26). The molecule has 4 heterocycles. The minimum atomic E-state index is -3.23. The number of hydrogen-bond acceptors (Lipinski definition) is 6. The number of nitrogens with one attached hydrogen (secondary N) is 1. The zero-order valence-corrected chi connectivity index (χ0v) is 16.8. The fourth-order valence-corrected chi connectivity index (χ4v) is 4.42. The summed E-state index contributed by atoms with van der Waals surface area (Å²) in [4.78, 5) is 16.6. The van der Waals surface area contributed by atoms with Crippen LogP contribution in [0.1, 0.15) is 34.1 Å². The van der Waals surface area contributed by atoms with Crippen LogP contribution in [0.4, 0.5) is 0 Å².